The van der Waals surface area contributed by atoms with E-state index in [0.29, 0.717) is 5.58 Å². The van der Waals surface area contributed by atoms with Crippen molar-refractivity contribution in [3.05, 3.63) is 35.4 Å². The molecular formula is C17H23N3O2. The van der Waals surface area contributed by atoms with Crippen LogP contribution in [0.3, 0.4) is 0 Å². The number of fused-ring (bicyclic) bond motifs is 1. The average Bonchev–Trinajstić information content (AvgIpc) is 2.46. The van der Waals surface area contributed by atoms with E-state index in [0.717, 1.165) is 24.2 Å². The average molecular weight is 301 g/mol. The van der Waals surface area contributed by atoms with Crippen LogP contribution in [0.2, 0.25) is 0 Å². The Balaban J connectivity index is 2.46. The van der Waals surface area contributed by atoms with E-state index in [2.05, 4.69) is 24.1 Å². The van der Waals surface area contributed by atoms with E-state index >= 15 is 0 Å². The van der Waals surface area contributed by atoms with Crippen LogP contribution in [-0.2, 0) is 0 Å². The van der Waals surface area contributed by atoms with Crippen molar-refractivity contribution in [2.45, 2.75) is 33.7 Å². The zero-order chi connectivity index (χ0) is 16.3. The monoisotopic (exact) mass is 301 g/mol. The summed E-state index contributed by atoms with van der Waals surface area (Å²) in [6.45, 7) is 9.78. The number of nitrogens with one attached hydrogen (secondary N) is 2. The summed E-state index contributed by atoms with van der Waals surface area (Å²) in [5.74, 6) is -0.279. The molecule has 0 unspecified atom stereocenters. The fraction of sp³-hybridized carbons (Fsp3) is 0.412. The lowest BCUT2D eigenvalue weighted by atomic mass is 10.1. The Kier molecular flexibility index (Phi) is 4.85. The number of hydrogen-bond acceptors (Lipinski definition) is 4. The summed E-state index contributed by atoms with van der Waals surface area (Å²) in [4.78, 5) is 14.3. The van der Waals surface area contributed by atoms with Gasteiger partial charge in [-0.25, -0.2) is 0 Å². The predicted molar refractivity (Wildman–Crippen MR) is 88.2 cm³/mol. The van der Waals surface area contributed by atoms with Crippen molar-refractivity contribution >= 4 is 22.6 Å². The summed E-state index contributed by atoms with van der Waals surface area (Å²) < 4.78 is 5.55. The molecule has 1 heterocycles. The molecule has 2 aromatic rings. The van der Waals surface area contributed by atoms with E-state index < -0.39 is 0 Å². The van der Waals surface area contributed by atoms with Gasteiger partial charge in [0, 0.05) is 36.3 Å². The fourth-order valence-corrected chi connectivity index (χ4v) is 2.41. The molecule has 2 rings (SSSR count). The van der Waals surface area contributed by atoms with Gasteiger partial charge < -0.3 is 14.6 Å². The van der Waals surface area contributed by atoms with Gasteiger partial charge in [0.1, 0.15) is 11.1 Å². The number of carbonyl (C=O) groups is 1. The van der Waals surface area contributed by atoms with E-state index in [4.69, 9.17) is 9.83 Å². The Morgan fingerprint density at radius 3 is 2.55 bits per heavy atom. The fourth-order valence-electron chi connectivity index (χ4n) is 2.41. The predicted octanol–water partition coefficient (Wildman–Crippen LogP) is 2.90. The molecule has 118 valence electrons. The van der Waals surface area contributed by atoms with E-state index in [1.165, 1.54) is 0 Å². The minimum Gasteiger partial charge on any atom is -0.438 e. The Bertz CT molecular complexity index is 730. The first-order chi connectivity index (χ1) is 10.5. The van der Waals surface area contributed by atoms with Gasteiger partial charge in [0.15, 0.2) is 0 Å². The first-order valence-corrected chi connectivity index (χ1v) is 7.64. The lowest BCUT2D eigenvalue weighted by Crippen LogP contribution is -2.33. The van der Waals surface area contributed by atoms with Crippen LogP contribution in [0.25, 0.3) is 11.0 Å². The maximum Gasteiger partial charge on any atom is 0.256 e. The van der Waals surface area contributed by atoms with Gasteiger partial charge in [-0.15, -0.1) is 0 Å². The van der Waals surface area contributed by atoms with Crippen molar-refractivity contribution < 1.29 is 9.21 Å². The second-order valence-electron chi connectivity index (χ2n) is 5.51. The third kappa shape index (κ3) is 3.30. The molecule has 0 aliphatic carbocycles. The van der Waals surface area contributed by atoms with Crippen molar-refractivity contribution in [1.29, 1.82) is 5.41 Å². The molecule has 0 bridgehead atoms. The van der Waals surface area contributed by atoms with Crippen molar-refractivity contribution in [1.82, 2.24) is 5.32 Å². The van der Waals surface area contributed by atoms with Gasteiger partial charge in [-0.1, -0.05) is 0 Å². The number of nitrogens with zero attached hydrogens (tertiary/aromatic N) is 1. The molecule has 22 heavy (non-hydrogen) atoms. The molecule has 0 fully saturated rings. The van der Waals surface area contributed by atoms with Gasteiger partial charge in [0.05, 0.1) is 0 Å². The molecule has 1 amide bonds. The van der Waals surface area contributed by atoms with Crippen molar-refractivity contribution in [2.24, 2.45) is 0 Å². The summed E-state index contributed by atoms with van der Waals surface area (Å²) >= 11 is 0. The number of rotatable bonds is 5. The number of amides is 1. The summed E-state index contributed by atoms with van der Waals surface area (Å²) in [5.41, 5.74) is 1.83. The summed E-state index contributed by atoms with van der Waals surface area (Å²) in [7, 11) is 0. The van der Waals surface area contributed by atoms with E-state index in [1.54, 1.807) is 6.07 Å². The van der Waals surface area contributed by atoms with Crippen LogP contribution < -0.4 is 15.8 Å². The summed E-state index contributed by atoms with van der Waals surface area (Å²) in [6.07, 6.45) is 0. The lowest BCUT2D eigenvalue weighted by molar-refractivity contribution is 0.0939. The Morgan fingerprint density at radius 2 is 1.95 bits per heavy atom. The lowest BCUT2D eigenvalue weighted by Gasteiger charge is -2.21. The molecule has 0 saturated carbocycles. The van der Waals surface area contributed by atoms with Gasteiger partial charge in [-0.2, -0.15) is 0 Å². The van der Waals surface area contributed by atoms with Crippen LogP contribution >= 0.6 is 0 Å². The SMILES string of the molecule is CCN(CC)c1ccc2cc(C(=O)NC(C)C)c(=N)oc2c1. The molecule has 0 aliphatic heterocycles. The van der Waals surface area contributed by atoms with Gasteiger partial charge in [-0.05, 0) is 45.9 Å². The number of anilines is 1. The highest BCUT2D eigenvalue weighted by Gasteiger charge is 2.13. The highest BCUT2D eigenvalue weighted by atomic mass is 16.3. The number of hydrogen-bond donors (Lipinski definition) is 2. The van der Waals surface area contributed by atoms with Crippen LogP contribution in [-0.4, -0.2) is 25.0 Å². The second-order valence-corrected chi connectivity index (χ2v) is 5.51. The zero-order valence-corrected chi connectivity index (χ0v) is 13.6. The Morgan fingerprint density at radius 1 is 1.27 bits per heavy atom. The van der Waals surface area contributed by atoms with Gasteiger partial charge in [0.25, 0.3) is 5.91 Å². The molecule has 1 aromatic heterocycles. The largest absolute Gasteiger partial charge is 0.438 e. The molecular weight excluding hydrogens is 278 g/mol. The smallest absolute Gasteiger partial charge is 0.256 e. The van der Waals surface area contributed by atoms with Gasteiger partial charge in [0.2, 0.25) is 5.55 Å². The third-order valence-corrected chi connectivity index (χ3v) is 3.55. The normalized spacial score (nSPS) is 11.0. The van der Waals surface area contributed by atoms with Gasteiger partial charge in [-0.3, -0.25) is 10.2 Å². The zero-order valence-electron chi connectivity index (χ0n) is 13.6. The topological polar surface area (TPSA) is 69.3 Å². The second kappa shape index (κ2) is 6.64. The first kappa shape index (κ1) is 16.1. The van der Waals surface area contributed by atoms with Gasteiger partial charge >= 0.3 is 0 Å². The number of carbonyl (C=O) groups excluding carboxylic acids is 1. The quantitative estimate of drug-likeness (QED) is 0.892. The molecule has 0 radical (unpaired) electrons. The van der Waals surface area contributed by atoms with E-state index in [9.17, 15) is 4.79 Å². The summed E-state index contributed by atoms with van der Waals surface area (Å²) in [5, 5.41) is 11.6. The van der Waals surface area contributed by atoms with Crippen LogP contribution in [0.5, 0.6) is 0 Å². The van der Waals surface area contributed by atoms with Crippen molar-refractivity contribution in [3.8, 4) is 0 Å². The third-order valence-electron chi connectivity index (χ3n) is 3.55. The summed E-state index contributed by atoms with van der Waals surface area (Å²) in [6, 6.07) is 7.60. The van der Waals surface area contributed by atoms with Crippen LogP contribution in [0.15, 0.2) is 28.7 Å². The Hall–Kier alpha value is -2.30. The Labute approximate surface area is 130 Å². The standard InChI is InChI=1S/C17H23N3O2/c1-5-20(6-2)13-8-7-12-9-14(17(21)19-11(3)4)16(18)22-15(12)10-13/h7-11,18H,5-6H2,1-4H3,(H,19,21). The van der Waals surface area contributed by atoms with Crippen LogP contribution in [0.1, 0.15) is 38.1 Å². The maximum absolute atomic E-state index is 12.1. The molecule has 5 nitrogen and oxygen atoms in total. The molecule has 1 aromatic carbocycles. The molecule has 0 atom stereocenters. The minimum atomic E-state index is -0.279. The first-order valence-electron chi connectivity index (χ1n) is 7.64. The molecule has 0 aliphatic rings. The van der Waals surface area contributed by atoms with Crippen molar-refractivity contribution in [2.75, 3.05) is 18.0 Å². The molecule has 5 heteroatoms. The van der Waals surface area contributed by atoms with Crippen LogP contribution in [0.4, 0.5) is 5.69 Å². The number of benzene rings is 1. The maximum atomic E-state index is 12.1. The molecule has 0 spiro atoms. The highest BCUT2D eigenvalue weighted by Crippen LogP contribution is 2.21. The molecule has 0 saturated heterocycles. The highest BCUT2D eigenvalue weighted by molar-refractivity contribution is 5.96. The van der Waals surface area contributed by atoms with Crippen molar-refractivity contribution in [3.63, 3.8) is 0 Å². The van der Waals surface area contributed by atoms with E-state index in [1.807, 2.05) is 32.0 Å². The minimum absolute atomic E-state index is 0.0210. The molecule has 2 N–H and O–H groups in total. The van der Waals surface area contributed by atoms with Crippen LogP contribution in [0, 0.1) is 5.41 Å². The van der Waals surface area contributed by atoms with E-state index in [-0.39, 0.29) is 23.1 Å².